The number of benzene rings is 1. The molecule has 1 atom stereocenters. The molecule has 11 heteroatoms. The second kappa shape index (κ2) is 6.56. The number of sulfonamides is 1. The summed E-state index contributed by atoms with van der Waals surface area (Å²) in [7, 11) is -4.54. The standard InChI is InChI=1S/C10H11FN2O7S/c11-7-5-6(13(17)18)1-2-9(7)21(19,20)12-8(3-4-14)10(15)16/h1-2,5,8,12,14H,3-4H2,(H,15,16). The van der Waals surface area contributed by atoms with Crippen LogP contribution in [-0.4, -0.2) is 42.2 Å². The van der Waals surface area contributed by atoms with E-state index in [1.165, 1.54) is 0 Å². The minimum atomic E-state index is -4.54. The quantitative estimate of drug-likeness (QED) is 0.467. The predicted octanol–water partition coefficient (Wildman–Crippen LogP) is -0.152. The van der Waals surface area contributed by atoms with E-state index in [1.807, 2.05) is 0 Å². The highest BCUT2D eigenvalue weighted by molar-refractivity contribution is 7.89. The first-order chi connectivity index (χ1) is 9.69. The fourth-order valence-electron chi connectivity index (χ4n) is 1.43. The molecular formula is C10H11FN2O7S. The number of nitro benzene ring substituents is 1. The second-order valence-electron chi connectivity index (χ2n) is 3.90. The van der Waals surface area contributed by atoms with Gasteiger partial charge >= 0.3 is 5.97 Å². The van der Waals surface area contributed by atoms with E-state index in [1.54, 1.807) is 4.72 Å². The average molecular weight is 322 g/mol. The molecule has 9 nitrogen and oxygen atoms in total. The molecule has 21 heavy (non-hydrogen) atoms. The molecule has 116 valence electrons. The number of carboxylic acid groups (broad SMARTS) is 1. The van der Waals surface area contributed by atoms with E-state index in [4.69, 9.17) is 10.2 Å². The summed E-state index contributed by atoms with van der Waals surface area (Å²) in [6.45, 7) is -0.595. The van der Waals surface area contributed by atoms with Gasteiger partial charge in [0.25, 0.3) is 5.69 Å². The van der Waals surface area contributed by atoms with Gasteiger partial charge in [0.05, 0.1) is 11.0 Å². The molecule has 0 saturated heterocycles. The fraction of sp³-hybridized carbons (Fsp3) is 0.300. The molecular weight excluding hydrogens is 311 g/mol. The average Bonchev–Trinajstić information content (AvgIpc) is 2.37. The summed E-state index contributed by atoms with van der Waals surface area (Å²) in [6.07, 6.45) is -0.414. The van der Waals surface area contributed by atoms with Crippen LogP contribution in [0.25, 0.3) is 0 Å². The maximum atomic E-state index is 13.6. The molecule has 0 heterocycles. The van der Waals surface area contributed by atoms with Crippen molar-refractivity contribution in [2.75, 3.05) is 6.61 Å². The van der Waals surface area contributed by atoms with Crippen molar-refractivity contribution in [2.45, 2.75) is 17.4 Å². The molecule has 0 amide bonds. The van der Waals surface area contributed by atoms with E-state index in [9.17, 15) is 27.7 Å². The van der Waals surface area contributed by atoms with E-state index in [-0.39, 0.29) is 0 Å². The molecule has 0 saturated carbocycles. The maximum Gasteiger partial charge on any atom is 0.321 e. The number of carboxylic acids is 1. The molecule has 1 aromatic carbocycles. The minimum Gasteiger partial charge on any atom is -0.480 e. The smallest absolute Gasteiger partial charge is 0.321 e. The molecule has 1 unspecified atom stereocenters. The molecule has 0 radical (unpaired) electrons. The van der Waals surface area contributed by atoms with Crippen LogP contribution in [0.2, 0.25) is 0 Å². The highest BCUT2D eigenvalue weighted by atomic mass is 32.2. The summed E-state index contributed by atoms with van der Waals surface area (Å²) in [6, 6.07) is 0.207. The lowest BCUT2D eigenvalue weighted by Crippen LogP contribution is -2.41. The zero-order valence-electron chi connectivity index (χ0n) is 10.4. The van der Waals surface area contributed by atoms with Gasteiger partial charge in [-0.15, -0.1) is 0 Å². The van der Waals surface area contributed by atoms with Crippen molar-refractivity contribution in [3.63, 3.8) is 0 Å². The Bertz CT molecular complexity index is 661. The monoisotopic (exact) mass is 322 g/mol. The number of aliphatic hydroxyl groups is 1. The van der Waals surface area contributed by atoms with Gasteiger partial charge in [-0.3, -0.25) is 14.9 Å². The number of hydrogen-bond acceptors (Lipinski definition) is 6. The molecule has 0 aliphatic carbocycles. The van der Waals surface area contributed by atoms with Crippen LogP contribution in [0.4, 0.5) is 10.1 Å². The van der Waals surface area contributed by atoms with E-state index >= 15 is 0 Å². The Hall–Kier alpha value is -2.11. The molecule has 0 bridgehead atoms. The number of carbonyl (C=O) groups is 1. The van der Waals surface area contributed by atoms with Gasteiger partial charge < -0.3 is 10.2 Å². The third-order valence-electron chi connectivity index (χ3n) is 2.43. The lowest BCUT2D eigenvalue weighted by atomic mass is 10.2. The van der Waals surface area contributed by atoms with Gasteiger partial charge in [-0.1, -0.05) is 0 Å². The second-order valence-corrected chi connectivity index (χ2v) is 5.58. The molecule has 3 N–H and O–H groups in total. The van der Waals surface area contributed by atoms with Crippen LogP contribution in [0.5, 0.6) is 0 Å². The number of nitrogens with one attached hydrogen (secondary N) is 1. The van der Waals surface area contributed by atoms with Crippen LogP contribution in [0.15, 0.2) is 23.1 Å². The van der Waals surface area contributed by atoms with Crippen LogP contribution >= 0.6 is 0 Å². The molecule has 0 aliphatic rings. The first-order valence-electron chi connectivity index (χ1n) is 5.49. The number of aliphatic carboxylic acids is 1. The third-order valence-corrected chi connectivity index (χ3v) is 3.93. The summed E-state index contributed by atoms with van der Waals surface area (Å²) < 4.78 is 39.0. The number of hydrogen-bond donors (Lipinski definition) is 3. The summed E-state index contributed by atoms with van der Waals surface area (Å²) in [5.74, 6) is -2.93. The summed E-state index contributed by atoms with van der Waals surface area (Å²) in [5, 5.41) is 27.9. The first-order valence-corrected chi connectivity index (χ1v) is 6.97. The summed E-state index contributed by atoms with van der Waals surface area (Å²) in [5.41, 5.74) is -0.642. The van der Waals surface area contributed by atoms with Crippen LogP contribution in [-0.2, 0) is 14.8 Å². The molecule has 1 rings (SSSR count). The topological polar surface area (TPSA) is 147 Å². The van der Waals surface area contributed by atoms with E-state index < -0.39 is 56.4 Å². The highest BCUT2D eigenvalue weighted by Gasteiger charge is 2.28. The maximum absolute atomic E-state index is 13.6. The molecule has 0 fully saturated rings. The molecule has 1 aromatic rings. The van der Waals surface area contributed by atoms with E-state index in [2.05, 4.69) is 0 Å². The largest absolute Gasteiger partial charge is 0.480 e. The Morgan fingerprint density at radius 3 is 2.52 bits per heavy atom. The number of halogens is 1. The number of non-ortho nitro benzene ring substituents is 1. The van der Waals surface area contributed by atoms with Crippen molar-refractivity contribution in [3.8, 4) is 0 Å². The van der Waals surface area contributed by atoms with Gasteiger partial charge in [0.1, 0.15) is 16.8 Å². The van der Waals surface area contributed by atoms with Gasteiger partial charge in [0, 0.05) is 12.7 Å². The fourth-order valence-corrected chi connectivity index (χ4v) is 2.72. The van der Waals surface area contributed by atoms with Crippen LogP contribution in [0, 0.1) is 15.9 Å². The highest BCUT2D eigenvalue weighted by Crippen LogP contribution is 2.20. The SMILES string of the molecule is O=C(O)C(CCO)NS(=O)(=O)c1ccc([N+](=O)[O-])cc1F. The van der Waals surface area contributed by atoms with Crippen molar-refractivity contribution in [3.05, 3.63) is 34.1 Å². The number of nitro groups is 1. The number of aliphatic hydroxyl groups excluding tert-OH is 1. The lowest BCUT2D eigenvalue weighted by molar-refractivity contribution is -0.385. The number of rotatable bonds is 7. The van der Waals surface area contributed by atoms with Gasteiger partial charge in [-0.2, -0.15) is 4.72 Å². The Kier molecular flexibility index (Phi) is 5.29. The molecule has 0 aromatic heterocycles. The Morgan fingerprint density at radius 1 is 1.48 bits per heavy atom. The van der Waals surface area contributed by atoms with E-state index in [0.29, 0.717) is 12.1 Å². The lowest BCUT2D eigenvalue weighted by Gasteiger charge is -2.13. The van der Waals surface area contributed by atoms with Crippen molar-refractivity contribution >= 4 is 21.7 Å². The van der Waals surface area contributed by atoms with Crippen molar-refractivity contribution < 1.29 is 32.7 Å². The summed E-state index contributed by atoms with van der Waals surface area (Å²) >= 11 is 0. The van der Waals surface area contributed by atoms with Crippen LogP contribution < -0.4 is 4.72 Å². The normalized spacial score (nSPS) is 12.9. The zero-order valence-corrected chi connectivity index (χ0v) is 11.2. The van der Waals surface area contributed by atoms with Gasteiger partial charge in [0.2, 0.25) is 10.0 Å². The zero-order chi connectivity index (χ0) is 16.2. The molecule has 0 spiro atoms. The number of nitrogens with zero attached hydrogens (tertiary/aromatic N) is 1. The first kappa shape index (κ1) is 16.9. The van der Waals surface area contributed by atoms with Gasteiger partial charge in [-0.25, -0.2) is 12.8 Å². The third kappa shape index (κ3) is 4.18. The molecule has 0 aliphatic heterocycles. The van der Waals surface area contributed by atoms with Crippen molar-refractivity contribution in [2.24, 2.45) is 0 Å². The van der Waals surface area contributed by atoms with Crippen LogP contribution in [0.1, 0.15) is 6.42 Å². The van der Waals surface area contributed by atoms with Gasteiger partial charge in [-0.05, 0) is 12.5 Å². The summed E-state index contributed by atoms with van der Waals surface area (Å²) in [4.78, 5) is 19.4. The Balaban J connectivity index is 3.13. The van der Waals surface area contributed by atoms with Crippen LogP contribution in [0.3, 0.4) is 0 Å². The minimum absolute atomic E-state index is 0.413. The Morgan fingerprint density at radius 2 is 2.10 bits per heavy atom. The van der Waals surface area contributed by atoms with Crippen molar-refractivity contribution in [1.29, 1.82) is 0 Å². The van der Waals surface area contributed by atoms with E-state index in [0.717, 1.165) is 6.07 Å². The Labute approximate surface area is 118 Å². The van der Waals surface area contributed by atoms with Gasteiger partial charge in [0.15, 0.2) is 0 Å². The van der Waals surface area contributed by atoms with Crippen molar-refractivity contribution in [1.82, 2.24) is 4.72 Å². The predicted molar refractivity (Wildman–Crippen MR) is 66.5 cm³/mol.